The lowest BCUT2D eigenvalue weighted by Crippen LogP contribution is -2.25. The molecular formula is C15H12O2. The molecule has 17 heavy (non-hydrogen) atoms. The van der Waals surface area contributed by atoms with Crippen molar-refractivity contribution in [2.45, 2.75) is 12.5 Å². The second-order valence-electron chi connectivity index (χ2n) is 3.97. The highest BCUT2D eigenvalue weighted by atomic mass is 16.3. The third-order valence-electron chi connectivity index (χ3n) is 2.49. The summed E-state index contributed by atoms with van der Waals surface area (Å²) in [5, 5.41) is 10.1. The van der Waals surface area contributed by atoms with E-state index in [1.165, 1.54) is 18.2 Å². The number of carbonyl (C=O) groups is 1. The van der Waals surface area contributed by atoms with E-state index in [-0.39, 0.29) is 5.78 Å². The van der Waals surface area contributed by atoms with Crippen LogP contribution in [0.15, 0.2) is 54.1 Å². The molecule has 0 bridgehead atoms. The SMILES string of the molecule is CC1=CC(O)(C#Cc2ccccc2)C=CC1=O. The number of benzene rings is 1. The van der Waals surface area contributed by atoms with Crippen LogP contribution in [0.4, 0.5) is 0 Å². The second-order valence-corrected chi connectivity index (χ2v) is 3.97. The highest BCUT2D eigenvalue weighted by molar-refractivity contribution is 6.05. The molecule has 0 aromatic heterocycles. The molecule has 1 aliphatic carbocycles. The molecule has 1 N–H and O–H groups in total. The Morgan fingerprint density at radius 2 is 1.94 bits per heavy atom. The van der Waals surface area contributed by atoms with E-state index in [2.05, 4.69) is 11.8 Å². The molecule has 2 heteroatoms. The molecule has 0 saturated carbocycles. The van der Waals surface area contributed by atoms with Crippen LogP contribution in [0.1, 0.15) is 12.5 Å². The lowest BCUT2D eigenvalue weighted by Gasteiger charge is -2.17. The summed E-state index contributed by atoms with van der Waals surface area (Å²) in [7, 11) is 0. The number of hydrogen-bond donors (Lipinski definition) is 1. The molecule has 0 aliphatic heterocycles. The van der Waals surface area contributed by atoms with Gasteiger partial charge in [-0.05, 0) is 42.9 Å². The van der Waals surface area contributed by atoms with E-state index < -0.39 is 5.60 Å². The second kappa shape index (κ2) is 4.40. The van der Waals surface area contributed by atoms with Gasteiger partial charge < -0.3 is 5.11 Å². The Morgan fingerprint density at radius 3 is 2.59 bits per heavy atom. The minimum Gasteiger partial charge on any atom is -0.370 e. The third-order valence-corrected chi connectivity index (χ3v) is 2.49. The molecule has 1 aromatic rings. The summed E-state index contributed by atoms with van der Waals surface area (Å²) in [5.41, 5.74) is 0.00281. The number of aliphatic hydroxyl groups is 1. The molecule has 0 spiro atoms. The Hall–Kier alpha value is -2.11. The number of carbonyl (C=O) groups excluding carboxylic acids is 1. The summed E-state index contributed by atoms with van der Waals surface area (Å²) >= 11 is 0. The Balaban J connectivity index is 2.28. The maximum atomic E-state index is 11.2. The minimum absolute atomic E-state index is 0.0869. The molecule has 0 heterocycles. The summed E-state index contributed by atoms with van der Waals surface area (Å²) < 4.78 is 0. The summed E-state index contributed by atoms with van der Waals surface area (Å²) in [4.78, 5) is 11.2. The highest BCUT2D eigenvalue weighted by Gasteiger charge is 2.23. The zero-order valence-corrected chi connectivity index (χ0v) is 9.47. The van der Waals surface area contributed by atoms with Crippen LogP contribution in [-0.4, -0.2) is 16.5 Å². The Bertz CT molecular complexity index is 556. The number of ketones is 1. The zero-order valence-electron chi connectivity index (χ0n) is 9.47. The van der Waals surface area contributed by atoms with Gasteiger partial charge in [0, 0.05) is 5.56 Å². The molecule has 0 amide bonds. The van der Waals surface area contributed by atoms with Crippen molar-refractivity contribution in [3.63, 3.8) is 0 Å². The minimum atomic E-state index is -1.34. The average molecular weight is 224 g/mol. The Labute approximate surface area is 100 Å². The van der Waals surface area contributed by atoms with Crippen LogP contribution >= 0.6 is 0 Å². The molecule has 1 aromatic carbocycles. The highest BCUT2D eigenvalue weighted by Crippen LogP contribution is 2.17. The van der Waals surface area contributed by atoms with Gasteiger partial charge in [0.15, 0.2) is 11.4 Å². The Kier molecular flexibility index (Phi) is 2.95. The van der Waals surface area contributed by atoms with Crippen LogP contribution in [-0.2, 0) is 4.79 Å². The van der Waals surface area contributed by atoms with Crippen molar-refractivity contribution in [3.05, 3.63) is 59.7 Å². The van der Waals surface area contributed by atoms with Gasteiger partial charge in [-0.3, -0.25) is 4.79 Å². The van der Waals surface area contributed by atoms with Gasteiger partial charge in [-0.2, -0.15) is 0 Å². The first kappa shape index (κ1) is 11.4. The van der Waals surface area contributed by atoms with Crippen LogP contribution in [0.3, 0.4) is 0 Å². The van der Waals surface area contributed by atoms with Crippen LogP contribution < -0.4 is 0 Å². The first-order valence-corrected chi connectivity index (χ1v) is 5.33. The van der Waals surface area contributed by atoms with E-state index in [9.17, 15) is 9.90 Å². The molecule has 84 valence electrons. The lowest BCUT2D eigenvalue weighted by molar-refractivity contribution is -0.111. The van der Waals surface area contributed by atoms with Crippen LogP contribution in [0.5, 0.6) is 0 Å². The maximum absolute atomic E-state index is 11.2. The van der Waals surface area contributed by atoms with Gasteiger partial charge in [0.05, 0.1) is 0 Å². The number of rotatable bonds is 0. The van der Waals surface area contributed by atoms with Crippen molar-refractivity contribution < 1.29 is 9.90 Å². The molecule has 0 radical (unpaired) electrons. The van der Waals surface area contributed by atoms with E-state index >= 15 is 0 Å². The van der Waals surface area contributed by atoms with Crippen LogP contribution in [0, 0.1) is 11.8 Å². The fourth-order valence-corrected chi connectivity index (χ4v) is 1.56. The van der Waals surface area contributed by atoms with Gasteiger partial charge in [-0.1, -0.05) is 30.0 Å². The van der Waals surface area contributed by atoms with E-state index in [0.717, 1.165) is 5.56 Å². The van der Waals surface area contributed by atoms with Crippen molar-refractivity contribution in [3.8, 4) is 11.8 Å². The zero-order chi connectivity index (χ0) is 12.3. The first-order chi connectivity index (χ1) is 8.09. The smallest absolute Gasteiger partial charge is 0.181 e. The van der Waals surface area contributed by atoms with Crippen molar-refractivity contribution in [1.29, 1.82) is 0 Å². The lowest BCUT2D eigenvalue weighted by atomic mass is 9.93. The standard InChI is InChI=1S/C15H12O2/c1-12-11-15(17,10-8-14(12)16)9-7-13-5-3-2-4-6-13/h2-6,8,10-11,17H,1H3. The summed E-state index contributed by atoms with van der Waals surface area (Å²) in [6.45, 7) is 1.67. The van der Waals surface area contributed by atoms with Gasteiger partial charge in [0.2, 0.25) is 0 Å². The maximum Gasteiger partial charge on any atom is 0.181 e. The monoisotopic (exact) mass is 224 g/mol. The van der Waals surface area contributed by atoms with Gasteiger partial charge in [-0.15, -0.1) is 0 Å². The van der Waals surface area contributed by atoms with Gasteiger partial charge >= 0.3 is 0 Å². The normalized spacial score (nSPS) is 22.7. The first-order valence-electron chi connectivity index (χ1n) is 5.33. The van der Waals surface area contributed by atoms with Gasteiger partial charge in [0.25, 0.3) is 0 Å². The topological polar surface area (TPSA) is 37.3 Å². The molecule has 1 unspecified atom stereocenters. The fraction of sp³-hybridized carbons (Fsp3) is 0.133. The summed E-state index contributed by atoms with van der Waals surface area (Å²) in [6, 6.07) is 9.41. The largest absolute Gasteiger partial charge is 0.370 e. The van der Waals surface area contributed by atoms with E-state index in [1.807, 2.05) is 30.3 Å². The van der Waals surface area contributed by atoms with E-state index in [1.54, 1.807) is 6.92 Å². The summed E-state index contributed by atoms with van der Waals surface area (Å²) in [5.74, 6) is 5.55. The van der Waals surface area contributed by atoms with Gasteiger partial charge in [0.1, 0.15) is 0 Å². The van der Waals surface area contributed by atoms with E-state index in [0.29, 0.717) is 5.57 Å². The van der Waals surface area contributed by atoms with Crippen molar-refractivity contribution >= 4 is 5.78 Å². The van der Waals surface area contributed by atoms with Crippen molar-refractivity contribution in [2.24, 2.45) is 0 Å². The molecule has 1 aliphatic rings. The Morgan fingerprint density at radius 1 is 1.24 bits per heavy atom. The summed E-state index contributed by atoms with van der Waals surface area (Å²) in [6.07, 6.45) is 4.25. The van der Waals surface area contributed by atoms with Crippen LogP contribution in [0.2, 0.25) is 0 Å². The third kappa shape index (κ3) is 2.72. The fourth-order valence-electron chi connectivity index (χ4n) is 1.56. The van der Waals surface area contributed by atoms with Gasteiger partial charge in [-0.25, -0.2) is 0 Å². The molecular weight excluding hydrogens is 212 g/mol. The predicted octanol–water partition coefficient (Wildman–Crippen LogP) is 1.85. The predicted molar refractivity (Wildman–Crippen MR) is 66.2 cm³/mol. The molecule has 2 nitrogen and oxygen atoms in total. The molecule has 0 saturated heterocycles. The van der Waals surface area contributed by atoms with Crippen molar-refractivity contribution in [2.75, 3.05) is 0 Å². The van der Waals surface area contributed by atoms with E-state index in [4.69, 9.17) is 0 Å². The quantitative estimate of drug-likeness (QED) is 0.683. The molecule has 0 fully saturated rings. The molecule has 1 atom stereocenters. The van der Waals surface area contributed by atoms with Crippen molar-refractivity contribution in [1.82, 2.24) is 0 Å². The average Bonchev–Trinajstić information content (AvgIpc) is 2.34. The molecule has 2 rings (SSSR count). The number of hydrogen-bond acceptors (Lipinski definition) is 2. The van der Waals surface area contributed by atoms with Crippen LogP contribution in [0.25, 0.3) is 0 Å². The number of allylic oxidation sites excluding steroid dienone is 2.